The van der Waals surface area contributed by atoms with Crippen LogP contribution in [0.15, 0.2) is 30.5 Å². The maximum absolute atomic E-state index is 12.3. The summed E-state index contributed by atoms with van der Waals surface area (Å²) < 4.78 is 1.70. The molecule has 0 unspecified atom stereocenters. The van der Waals surface area contributed by atoms with Crippen LogP contribution in [0, 0.1) is 18.8 Å². The fourth-order valence-electron chi connectivity index (χ4n) is 1.92. The van der Waals surface area contributed by atoms with Crippen LogP contribution in [-0.2, 0) is 13.6 Å². The number of carbonyl (C=O) groups is 1. The summed E-state index contributed by atoms with van der Waals surface area (Å²) in [4.78, 5) is 12.3. The van der Waals surface area contributed by atoms with Crippen molar-refractivity contribution in [2.75, 3.05) is 6.54 Å². The topological polar surface area (TPSA) is 72.9 Å². The summed E-state index contributed by atoms with van der Waals surface area (Å²) >= 11 is 0. The first kappa shape index (κ1) is 14.8. The van der Waals surface area contributed by atoms with E-state index in [1.807, 2.05) is 44.4 Å². The van der Waals surface area contributed by atoms with Crippen molar-refractivity contribution in [3.8, 4) is 11.8 Å². The van der Waals surface area contributed by atoms with Gasteiger partial charge >= 0.3 is 0 Å². The van der Waals surface area contributed by atoms with Crippen molar-refractivity contribution < 1.29 is 4.79 Å². The van der Waals surface area contributed by atoms with Gasteiger partial charge in [-0.1, -0.05) is 23.5 Å². The number of rotatable bonds is 3. The van der Waals surface area contributed by atoms with Crippen LogP contribution in [0.3, 0.4) is 0 Å². The van der Waals surface area contributed by atoms with Gasteiger partial charge in [-0.2, -0.15) is 5.10 Å². The number of amides is 1. The van der Waals surface area contributed by atoms with E-state index in [-0.39, 0.29) is 12.5 Å². The van der Waals surface area contributed by atoms with Gasteiger partial charge in [0.2, 0.25) is 0 Å². The van der Waals surface area contributed by atoms with Crippen molar-refractivity contribution in [2.45, 2.75) is 13.5 Å². The molecule has 0 atom stereocenters. The minimum atomic E-state index is -0.161. The van der Waals surface area contributed by atoms with E-state index in [0.29, 0.717) is 17.7 Å². The van der Waals surface area contributed by atoms with Crippen LogP contribution in [0.4, 0.5) is 0 Å². The van der Waals surface area contributed by atoms with Crippen molar-refractivity contribution in [2.24, 2.45) is 12.8 Å². The maximum Gasteiger partial charge on any atom is 0.252 e. The van der Waals surface area contributed by atoms with Gasteiger partial charge in [0.25, 0.3) is 5.91 Å². The molecule has 0 saturated carbocycles. The van der Waals surface area contributed by atoms with Gasteiger partial charge in [0.1, 0.15) is 0 Å². The zero-order valence-corrected chi connectivity index (χ0v) is 12.2. The second kappa shape index (κ2) is 6.73. The second-order valence-electron chi connectivity index (χ2n) is 4.72. The number of carbonyl (C=O) groups excluding carboxylic acids is 1. The third-order valence-electron chi connectivity index (χ3n) is 2.94. The van der Waals surface area contributed by atoms with Gasteiger partial charge in [-0.05, 0) is 25.1 Å². The third kappa shape index (κ3) is 3.94. The quantitative estimate of drug-likeness (QED) is 0.824. The Hall–Kier alpha value is -2.58. The predicted octanol–water partition coefficient (Wildman–Crippen LogP) is 0.969. The van der Waals surface area contributed by atoms with Crippen LogP contribution in [0.2, 0.25) is 0 Å². The second-order valence-corrected chi connectivity index (χ2v) is 4.72. The van der Waals surface area contributed by atoms with Crippen molar-refractivity contribution >= 4 is 5.91 Å². The summed E-state index contributed by atoms with van der Waals surface area (Å²) in [7, 11) is 1.84. The number of nitrogens with one attached hydrogen (secondary N) is 1. The van der Waals surface area contributed by atoms with Gasteiger partial charge in [-0.15, -0.1) is 0 Å². The Bertz CT molecular complexity index is 707. The fourth-order valence-corrected chi connectivity index (χ4v) is 1.92. The molecule has 0 aliphatic rings. The lowest BCUT2D eigenvalue weighted by Crippen LogP contribution is -2.24. The Kier molecular flexibility index (Phi) is 4.75. The average molecular weight is 282 g/mol. The molecule has 5 nitrogen and oxygen atoms in total. The van der Waals surface area contributed by atoms with Crippen molar-refractivity contribution in [3.05, 3.63) is 52.8 Å². The molecular formula is C16H18N4O. The lowest BCUT2D eigenvalue weighted by atomic mass is 10.0. The minimum Gasteiger partial charge on any atom is -0.346 e. The van der Waals surface area contributed by atoms with Crippen LogP contribution in [0.25, 0.3) is 0 Å². The number of hydrogen-bond acceptors (Lipinski definition) is 3. The first-order valence-electron chi connectivity index (χ1n) is 6.66. The van der Waals surface area contributed by atoms with E-state index in [2.05, 4.69) is 22.3 Å². The molecule has 0 saturated heterocycles. The molecule has 2 aromatic rings. The maximum atomic E-state index is 12.3. The van der Waals surface area contributed by atoms with Gasteiger partial charge in [0.15, 0.2) is 0 Å². The molecule has 1 amide bonds. The summed E-state index contributed by atoms with van der Waals surface area (Å²) in [6.45, 7) is 2.59. The van der Waals surface area contributed by atoms with Crippen LogP contribution in [-0.4, -0.2) is 22.2 Å². The standard InChI is InChI=1S/C16H18N4O/c1-12-5-6-13(4-3-8-17)15(10-12)16(21)18-11-14-7-9-20(2)19-14/h5-7,9-10H,8,11,17H2,1-2H3,(H,18,21). The zero-order chi connectivity index (χ0) is 15.2. The molecule has 1 heterocycles. The highest BCUT2D eigenvalue weighted by Crippen LogP contribution is 2.11. The monoisotopic (exact) mass is 282 g/mol. The van der Waals surface area contributed by atoms with Gasteiger partial charge < -0.3 is 11.1 Å². The third-order valence-corrected chi connectivity index (χ3v) is 2.94. The normalized spacial score (nSPS) is 9.86. The Balaban J connectivity index is 2.15. The van der Waals surface area contributed by atoms with E-state index >= 15 is 0 Å². The fraction of sp³-hybridized carbons (Fsp3) is 0.250. The number of nitrogens with zero attached hydrogens (tertiary/aromatic N) is 2. The van der Waals surface area contributed by atoms with E-state index in [4.69, 9.17) is 5.73 Å². The smallest absolute Gasteiger partial charge is 0.252 e. The first-order chi connectivity index (χ1) is 10.1. The largest absolute Gasteiger partial charge is 0.346 e. The average Bonchev–Trinajstić information content (AvgIpc) is 2.89. The lowest BCUT2D eigenvalue weighted by Gasteiger charge is -2.07. The van der Waals surface area contributed by atoms with E-state index < -0.39 is 0 Å². The minimum absolute atomic E-state index is 0.161. The molecule has 1 aromatic heterocycles. The summed E-state index contributed by atoms with van der Waals surface area (Å²) in [6.07, 6.45) is 1.84. The van der Waals surface area contributed by atoms with Gasteiger partial charge in [0.05, 0.1) is 24.3 Å². The summed E-state index contributed by atoms with van der Waals surface area (Å²) in [5, 5.41) is 7.08. The Morgan fingerprint density at radius 3 is 2.90 bits per heavy atom. The van der Waals surface area contributed by atoms with Crippen LogP contribution in [0.5, 0.6) is 0 Å². The van der Waals surface area contributed by atoms with Crippen molar-refractivity contribution in [3.63, 3.8) is 0 Å². The molecular weight excluding hydrogens is 264 g/mol. The van der Waals surface area contributed by atoms with Gasteiger partial charge in [0, 0.05) is 18.8 Å². The van der Waals surface area contributed by atoms with Crippen molar-refractivity contribution in [1.29, 1.82) is 0 Å². The van der Waals surface area contributed by atoms with E-state index in [1.165, 1.54) is 0 Å². The molecule has 0 bridgehead atoms. The number of aromatic nitrogens is 2. The molecule has 0 aliphatic carbocycles. The molecule has 2 rings (SSSR count). The number of nitrogens with two attached hydrogens (primary N) is 1. The van der Waals surface area contributed by atoms with E-state index in [1.54, 1.807) is 4.68 Å². The Morgan fingerprint density at radius 2 is 2.24 bits per heavy atom. The SMILES string of the molecule is Cc1ccc(C#CCN)c(C(=O)NCc2ccn(C)n2)c1. The van der Waals surface area contributed by atoms with Gasteiger partial charge in [-0.3, -0.25) is 9.48 Å². The Labute approximate surface area is 124 Å². The first-order valence-corrected chi connectivity index (χ1v) is 6.66. The number of benzene rings is 1. The highest BCUT2D eigenvalue weighted by atomic mass is 16.1. The molecule has 0 fully saturated rings. The summed E-state index contributed by atoms with van der Waals surface area (Å²) in [5.74, 6) is 5.54. The highest BCUT2D eigenvalue weighted by Gasteiger charge is 2.11. The van der Waals surface area contributed by atoms with E-state index in [9.17, 15) is 4.79 Å². The molecule has 108 valence electrons. The molecule has 0 radical (unpaired) electrons. The molecule has 5 heteroatoms. The Morgan fingerprint density at radius 1 is 1.43 bits per heavy atom. The molecule has 1 aromatic carbocycles. The lowest BCUT2D eigenvalue weighted by molar-refractivity contribution is 0.0950. The molecule has 0 aliphatic heterocycles. The van der Waals surface area contributed by atoms with Crippen LogP contribution < -0.4 is 11.1 Å². The molecule has 3 N–H and O–H groups in total. The van der Waals surface area contributed by atoms with Crippen molar-refractivity contribution in [1.82, 2.24) is 15.1 Å². The molecule has 21 heavy (non-hydrogen) atoms. The number of aryl methyl sites for hydroxylation is 2. The highest BCUT2D eigenvalue weighted by molar-refractivity contribution is 5.96. The van der Waals surface area contributed by atoms with Gasteiger partial charge in [-0.25, -0.2) is 0 Å². The van der Waals surface area contributed by atoms with Crippen LogP contribution >= 0.6 is 0 Å². The summed E-state index contributed by atoms with van der Waals surface area (Å²) in [6, 6.07) is 7.46. The summed E-state index contributed by atoms with van der Waals surface area (Å²) in [5.41, 5.74) is 8.45. The van der Waals surface area contributed by atoms with E-state index in [0.717, 1.165) is 11.3 Å². The zero-order valence-electron chi connectivity index (χ0n) is 12.2. The van der Waals surface area contributed by atoms with Crippen LogP contribution in [0.1, 0.15) is 27.2 Å². The predicted molar refractivity (Wildman–Crippen MR) is 81.5 cm³/mol. The molecule has 0 spiro atoms. The number of hydrogen-bond donors (Lipinski definition) is 2.